The Morgan fingerprint density at radius 3 is 2.70 bits per heavy atom. The third-order valence-electron chi connectivity index (χ3n) is 3.71. The van der Waals surface area contributed by atoms with E-state index in [2.05, 4.69) is 48.2 Å². The predicted octanol–water partition coefficient (Wildman–Crippen LogP) is 1.46. The molecule has 0 bridgehead atoms. The summed E-state index contributed by atoms with van der Waals surface area (Å²) in [5.41, 5.74) is 1.38. The van der Waals surface area contributed by atoms with E-state index >= 15 is 0 Å². The Morgan fingerprint density at radius 2 is 2.10 bits per heavy atom. The molecule has 0 spiro atoms. The van der Waals surface area contributed by atoms with Gasteiger partial charge in [-0.15, -0.1) is 0 Å². The van der Waals surface area contributed by atoms with Crippen LogP contribution in [0.3, 0.4) is 0 Å². The maximum atomic E-state index is 11.6. The minimum Gasteiger partial charge on any atom is -0.314 e. The molecule has 0 aliphatic rings. The van der Waals surface area contributed by atoms with E-state index in [1.165, 1.54) is 4.40 Å². The van der Waals surface area contributed by atoms with E-state index < -0.39 is 0 Å². The molecule has 2 atom stereocenters. The lowest BCUT2D eigenvalue weighted by Crippen LogP contribution is -2.35. The molecule has 0 radical (unpaired) electrons. The van der Waals surface area contributed by atoms with E-state index in [0.717, 1.165) is 12.2 Å². The molecular formula is C14H23N5O. The van der Waals surface area contributed by atoms with Crippen LogP contribution in [-0.2, 0) is 0 Å². The maximum Gasteiger partial charge on any atom is 0.349 e. The zero-order chi connectivity index (χ0) is 14.9. The standard InChI is InChI=1S/C14H23N5O/c1-6-15-9(4)13(8(2)3)11-7-12-17-18-14(20)19(12)10(5)16-11/h7-9,13,15H,6H2,1-5H3,(H,18,20). The van der Waals surface area contributed by atoms with E-state index in [1.807, 2.05) is 13.0 Å². The van der Waals surface area contributed by atoms with Gasteiger partial charge in [0.15, 0.2) is 5.65 Å². The van der Waals surface area contributed by atoms with Crippen LogP contribution in [-0.4, -0.2) is 32.2 Å². The molecule has 0 amide bonds. The molecule has 0 aromatic carbocycles. The van der Waals surface area contributed by atoms with Crippen LogP contribution < -0.4 is 11.0 Å². The summed E-state index contributed by atoms with van der Waals surface area (Å²) in [4.78, 5) is 16.3. The molecule has 2 aromatic rings. The number of nitrogens with one attached hydrogen (secondary N) is 2. The van der Waals surface area contributed by atoms with Gasteiger partial charge in [0.25, 0.3) is 0 Å². The molecule has 110 valence electrons. The topological polar surface area (TPSA) is 75.1 Å². The van der Waals surface area contributed by atoms with Gasteiger partial charge in [-0.25, -0.2) is 19.3 Å². The van der Waals surface area contributed by atoms with Crippen LogP contribution in [0.4, 0.5) is 0 Å². The second-order valence-electron chi connectivity index (χ2n) is 5.57. The molecule has 2 N–H and O–H groups in total. The van der Waals surface area contributed by atoms with Crippen molar-refractivity contribution in [3.8, 4) is 0 Å². The number of aromatic nitrogens is 4. The van der Waals surface area contributed by atoms with Gasteiger partial charge in [0, 0.05) is 18.0 Å². The summed E-state index contributed by atoms with van der Waals surface area (Å²) in [6, 6.07) is 2.23. The second kappa shape index (κ2) is 5.75. The molecule has 20 heavy (non-hydrogen) atoms. The van der Waals surface area contributed by atoms with Crippen LogP contribution >= 0.6 is 0 Å². The minimum atomic E-state index is -0.239. The Kier molecular flexibility index (Phi) is 4.23. The van der Waals surface area contributed by atoms with E-state index in [4.69, 9.17) is 0 Å². The average molecular weight is 277 g/mol. The molecule has 2 aromatic heterocycles. The summed E-state index contributed by atoms with van der Waals surface area (Å²) in [7, 11) is 0. The van der Waals surface area contributed by atoms with Crippen LogP contribution in [0.1, 0.15) is 45.1 Å². The summed E-state index contributed by atoms with van der Waals surface area (Å²) < 4.78 is 1.50. The zero-order valence-corrected chi connectivity index (χ0v) is 12.8. The largest absolute Gasteiger partial charge is 0.349 e. The number of fused-ring (bicyclic) bond motifs is 1. The van der Waals surface area contributed by atoms with Crippen LogP contribution in [0.15, 0.2) is 10.9 Å². The highest BCUT2D eigenvalue weighted by molar-refractivity contribution is 5.39. The number of likely N-dealkylation sites (N-methyl/N-ethyl adjacent to an activating group) is 1. The van der Waals surface area contributed by atoms with Gasteiger partial charge in [-0.3, -0.25) is 0 Å². The fourth-order valence-electron chi connectivity index (χ4n) is 2.91. The number of hydrogen-bond donors (Lipinski definition) is 2. The SMILES string of the molecule is CCNC(C)C(c1cc2n[nH]c(=O)n2c(C)n1)C(C)C. The maximum absolute atomic E-state index is 11.6. The molecule has 0 saturated carbocycles. The van der Waals surface area contributed by atoms with Gasteiger partial charge in [-0.2, -0.15) is 5.10 Å². The molecule has 0 saturated heterocycles. The highest BCUT2D eigenvalue weighted by Crippen LogP contribution is 2.27. The molecule has 6 heteroatoms. The summed E-state index contributed by atoms with van der Waals surface area (Å²) in [6.45, 7) is 11.4. The highest BCUT2D eigenvalue weighted by Gasteiger charge is 2.24. The van der Waals surface area contributed by atoms with Crippen molar-refractivity contribution < 1.29 is 0 Å². The number of aromatic amines is 1. The first kappa shape index (κ1) is 14.7. The van der Waals surface area contributed by atoms with Crippen molar-refractivity contribution in [2.75, 3.05) is 6.54 Å². The van der Waals surface area contributed by atoms with Crippen LogP contribution in [0.25, 0.3) is 5.65 Å². The summed E-state index contributed by atoms with van der Waals surface area (Å²) >= 11 is 0. The Labute approximate surface area is 118 Å². The molecule has 0 aliphatic heterocycles. The van der Waals surface area contributed by atoms with Crippen LogP contribution in [0.5, 0.6) is 0 Å². The summed E-state index contributed by atoms with van der Waals surface area (Å²) in [6.07, 6.45) is 0. The third kappa shape index (κ3) is 2.60. The number of H-pyrrole nitrogens is 1. The Hall–Kier alpha value is -1.69. The van der Waals surface area contributed by atoms with Crippen molar-refractivity contribution in [3.05, 3.63) is 28.1 Å². The molecule has 2 heterocycles. The second-order valence-corrected chi connectivity index (χ2v) is 5.57. The predicted molar refractivity (Wildman–Crippen MR) is 79.1 cm³/mol. The van der Waals surface area contributed by atoms with Gasteiger partial charge in [0.05, 0.1) is 5.69 Å². The lowest BCUT2D eigenvalue weighted by Gasteiger charge is -2.27. The van der Waals surface area contributed by atoms with Crippen molar-refractivity contribution >= 4 is 5.65 Å². The number of hydrogen-bond acceptors (Lipinski definition) is 4. The fraction of sp³-hybridized carbons (Fsp3) is 0.643. The van der Waals surface area contributed by atoms with Gasteiger partial charge in [-0.1, -0.05) is 20.8 Å². The lowest BCUT2D eigenvalue weighted by atomic mass is 9.86. The first-order chi connectivity index (χ1) is 9.45. The van der Waals surface area contributed by atoms with Crippen LogP contribution in [0.2, 0.25) is 0 Å². The highest BCUT2D eigenvalue weighted by atomic mass is 16.1. The number of aryl methyl sites for hydroxylation is 1. The average Bonchev–Trinajstić information content (AvgIpc) is 2.71. The fourth-order valence-corrected chi connectivity index (χ4v) is 2.91. The van der Waals surface area contributed by atoms with Crippen molar-refractivity contribution in [3.63, 3.8) is 0 Å². The zero-order valence-electron chi connectivity index (χ0n) is 12.8. The van der Waals surface area contributed by atoms with E-state index in [-0.39, 0.29) is 11.6 Å². The van der Waals surface area contributed by atoms with E-state index in [1.54, 1.807) is 0 Å². The normalized spacial score (nSPS) is 14.9. The Bertz CT molecular complexity index is 643. The quantitative estimate of drug-likeness (QED) is 0.867. The van der Waals surface area contributed by atoms with E-state index in [9.17, 15) is 4.79 Å². The molecule has 2 rings (SSSR count). The van der Waals surface area contributed by atoms with Gasteiger partial charge >= 0.3 is 5.69 Å². The number of nitrogens with zero attached hydrogens (tertiary/aromatic N) is 3. The summed E-state index contributed by atoms with van der Waals surface area (Å²) in [5.74, 6) is 1.40. The smallest absolute Gasteiger partial charge is 0.314 e. The number of rotatable bonds is 5. The van der Waals surface area contributed by atoms with Gasteiger partial charge < -0.3 is 5.32 Å². The third-order valence-corrected chi connectivity index (χ3v) is 3.71. The molecule has 6 nitrogen and oxygen atoms in total. The van der Waals surface area contributed by atoms with Gasteiger partial charge in [-0.05, 0) is 26.3 Å². The molecule has 0 aliphatic carbocycles. The molecule has 0 fully saturated rings. The van der Waals surface area contributed by atoms with Gasteiger partial charge in [0.1, 0.15) is 5.82 Å². The van der Waals surface area contributed by atoms with Crippen molar-refractivity contribution in [2.24, 2.45) is 5.92 Å². The van der Waals surface area contributed by atoms with Gasteiger partial charge in [0.2, 0.25) is 0 Å². The summed E-state index contributed by atoms with van der Waals surface area (Å²) in [5, 5.41) is 9.98. The van der Waals surface area contributed by atoms with E-state index in [0.29, 0.717) is 23.4 Å². The van der Waals surface area contributed by atoms with Crippen molar-refractivity contribution in [2.45, 2.75) is 46.6 Å². The van der Waals surface area contributed by atoms with Crippen LogP contribution in [0, 0.1) is 12.8 Å². The first-order valence-corrected chi connectivity index (χ1v) is 7.13. The minimum absolute atomic E-state index is 0.239. The Morgan fingerprint density at radius 1 is 1.40 bits per heavy atom. The first-order valence-electron chi connectivity index (χ1n) is 7.13. The van der Waals surface area contributed by atoms with Crippen molar-refractivity contribution in [1.82, 2.24) is 24.9 Å². The molecular weight excluding hydrogens is 254 g/mol. The monoisotopic (exact) mass is 277 g/mol. The van der Waals surface area contributed by atoms with Crippen molar-refractivity contribution in [1.29, 1.82) is 0 Å². The Balaban J connectivity index is 2.51. The molecule has 2 unspecified atom stereocenters. The lowest BCUT2D eigenvalue weighted by molar-refractivity contribution is 0.375.